The van der Waals surface area contributed by atoms with Gasteiger partial charge in [-0.25, -0.2) is 9.67 Å². The number of amides is 1. The summed E-state index contributed by atoms with van der Waals surface area (Å²) in [7, 11) is 0. The van der Waals surface area contributed by atoms with Crippen LogP contribution in [0.2, 0.25) is 0 Å². The highest BCUT2D eigenvalue weighted by atomic mass is 16.5. The van der Waals surface area contributed by atoms with Gasteiger partial charge in [0.1, 0.15) is 5.69 Å². The van der Waals surface area contributed by atoms with Crippen LogP contribution in [-0.2, 0) is 0 Å². The molecule has 4 aromatic heterocycles. The normalized spacial score (nSPS) is 12.2. The van der Waals surface area contributed by atoms with Crippen LogP contribution in [0.3, 0.4) is 0 Å². The van der Waals surface area contributed by atoms with Gasteiger partial charge in [0.2, 0.25) is 0 Å². The Morgan fingerprint density at radius 2 is 2.06 bits per heavy atom. The Hall–Kier alpha value is -4.20. The Bertz CT molecular complexity index is 1350. The zero-order valence-electron chi connectivity index (χ0n) is 16.9. The third-order valence-electron chi connectivity index (χ3n) is 5.12. The molecule has 0 bridgehead atoms. The van der Waals surface area contributed by atoms with Crippen LogP contribution in [0.4, 0.5) is 0 Å². The summed E-state index contributed by atoms with van der Waals surface area (Å²) in [5.41, 5.74) is 3.72. The van der Waals surface area contributed by atoms with E-state index in [-0.39, 0.29) is 11.9 Å². The molecule has 1 amide bonds. The van der Waals surface area contributed by atoms with Crippen LogP contribution in [0.15, 0.2) is 76.1 Å². The molecule has 0 aliphatic heterocycles. The van der Waals surface area contributed by atoms with Crippen molar-refractivity contribution < 1.29 is 13.7 Å². The van der Waals surface area contributed by atoms with E-state index in [0.29, 0.717) is 33.8 Å². The summed E-state index contributed by atoms with van der Waals surface area (Å²) in [5.74, 6) is 0.300. The SMILES string of the molecule is Cc1noc2nc(-c3ccco3)cc(C(=O)NC(C)c3cccc(-n4cccn4)c3)c12. The van der Waals surface area contributed by atoms with Crippen molar-refractivity contribution in [2.24, 2.45) is 0 Å². The predicted molar refractivity (Wildman–Crippen MR) is 114 cm³/mol. The van der Waals surface area contributed by atoms with Gasteiger partial charge in [-0.05, 0) is 55.8 Å². The van der Waals surface area contributed by atoms with E-state index in [1.54, 1.807) is 42.3 Å². The number of aryl methyl sites for hydroxylation is 1. The Morgan fingerprint density at radius 3 is 2.84 bits per heavy atom. The number of carbonyl (C=O) groups excluding carboxylic acids is 1. The molecule has 4 heterocycles. The number of benzene rings is 1. The fraction of sp³-hybridized carbons (Fsp3) is 0.130. The maximum absolute atomic E-state index is 13.3. The molecule has 8 nitrogen and oxygen atoms in total. The minimum absolute atomic E-state index is 0.238. The molecule has 8 heteroatoms. The van der Waals surface area contributed by atoms with Crippen LogP contribution in [0.5, 0.6) is 0 Å². The lowest BCUT2D eigenvalue weighted by Gasteiger charge is -2.16. The van der Waals surface area contributed by atoms with Crippen LogP contribution in [-0.4, -0.2) is 25.8 Å². The fourth-order valence-electron chi connectivity index (χ4n) is 3.54. The Labute approximate surface area is 177 Å². The topological polar surface area (TPSA) is 99.0 Å². The smallest absolute Gasteiger partial charge is 0.259 e. The van der Waals surface area contributed by atoms with Gasteiger partial charge in [-0.2, -0.15) is 5.10 Å². The maximum atomic E-state index is 13.3. The number of hydrogen-bond acceptors (Lipinski definition) is 6. The third kappa shape index (κ3) is 3.48. The monoisotopic (exact) mass is 413 g/mol. The molecule has 154 valence electrons. The van der Waals surface area contributed by atoms with E-state index in [9.17, 15) is 4.79 Å². The summed E-state index contributed by atoms with van der Waals surface area (Å²) in [6.45, 7) is 3.72. The van der Waals surface area contributed by atoms with Crippen molar-refractivity contribution in [3.63, 3.8) is 0 Å². The zero-order chi connectivity index (χ0) is 21.4. The second kappa shape index (κ2) is 7.56. The van der Waals surface area contributed by atoms with E-state index >= 15 is 0 Å². The zero-order valence-corrected chi connectivity index (χ0v) is 16.9. The highest BCUT2D eigenvalue weighted by Gasteiger charge is 2.21. The summed E-state index contributed by atoms with van der Waals surface area (Å²) in [6.07, 6.45) is 5.16. The lowest BCUT2D eigenvalue weighted by molar-refractivity contribution is 0.0941. The van der Waals surface area contributed by atoms with Crippen molar-refractivity contribution in [3.8, 4) is 17.1 Å². The van der Waals surface area contributed by atoms with Gasteiger partial charge in [-0.1, -0.05) is 17.3 Å². The maximum Gasteiger partial charge on any atom is 0.259 e. The van der Waals surface area contributed by atoms with E-state index < -0.39 is 0 Å². The molecule has 5 aromatic rings. The van der Waals surface area contributed by atoms with E-state index in [1.807, 2.05) is 43.5 Å². The number of nitrogens with one attached hydrogen (secondary N) is 1. The van der Waals surface area contributed by atoms with Crippen LogP contribution >= 0.6 is 0 Å². The minimum atomic E-state index is -0.247. The van der Waals surface area contributed by atoms with Crippen molar-refractivity contribution in [2.45, 2.75) is 19.9 Å². The average molecular weight is 413 g/mol. The van der Waals surface area contributed by atoms with Crippen LogP contribution in [0.1, 0.15) is 34.6 Å². The summed E-state index contributed by atoms with van der Waals surface area (Å²) in [6, 6.07) is 14.8. The van der Waals surface area contributed by atoms with E-state index in [1.165, 1.54) is 0 Å². The van der Waals surface area contributed by atoms with Gasteiger partial charge >= 0.3 is 0 Å². The molecule has 0 saturated carbocycles. The van der Waals surface area contributed by atoms with Gasteiger partial charge in [0.05, 0.1) is 34.6 Å². The molecule has 1 unspecified atom stereocenters. The van der Waals surface area contributed by atoms with Gasteiger partial charge in [-0.3, -0.25) is 4.79 Å². The third-order valence-corrected chi connectivity index (χ3v) is 5.12. The van der Waals surface area contributed by atoms with Gasteiger partial charge < -0.3 is 14.3 Å². The molecule has 0 aliphatic carbocycles. The lowest BCUT2D eigenvalue weighted by atomic mass is 10.0. The quantitative estimate of drug-likeness (QED) is 0.456. The second-order valence-electron chi connectivity index (χ2n) is 7.22. The Morgan fingerprint density at radius 1 is 1.16 bits per heavy atom. The Kier molecular flexibility index (Phi) is 4.59. The summed E-state index contributed by atoms with van der Waals surface area (Å²) < 4.78 is 12.6. The minimum Gasteiger partial charge on any atom is -0.463 e. The van der Waals surface area contributed by atoms with Crippen LogP contribution in [0, 0.1) is 6.92 Å². The van der Waals surface area contributed by atoms with Crippen molar-refractivity contribution >= 4 is 17.0 Å². The molecule has 0 radical (unpaired) electrons. The first-order chi connectivity index (χ1) is 15.1. The summed E-state index contributed by atoms with van der Waals surface area (Å²) in [5, 5.41) is 11.9. The summed E-state index contributed by atoms with van der Waals surface area (Å²) in [4.78, 5) is 17.7. The van der Waals surface area contributed by atoms with Crippen LogP contribution < -0.4 is 5.32 Å². The first-order valence-corrected chi connectivity index (χ1v) is 9.82. The second-order valence-corrected chi connectivity index (χ2v) is 7.22. The molecule has 0 fully saturated rings. The number of hydrogen-bond donors (Lipinski definition) is 1. The number of rotatable bonds is 5. The molecule has 1 aromatic carbocycles. The lowest BCUT2D eigenvalue weighted by Crippen LogP contribution is -2.27. The number of fused-ring (bicyclic) bond motifs is 1. The standard InChI is InChI=1S/C23H19N5O3/c1-14(16-6-3-7-17(12-16)28-10-5-9-24-28)25-22(29)18-13-19(20-8-4-11-30-20)26-23-21(18)15(2)27-31-23/h3-14H,1-2H3,(H,25,29). The molecule has 0 aliphatic rings. The predicted octanol–water partition coefficient (Wildman–Crippen LogP) is 4.47. The molecule has 0 saturated heterocycles. The highest BCUT2D eigenvalue weighted by molar-refractivity contribution is 6.07. The first-order valence-electron chi connectivity index (χ1n) is 9.82. The van der Waals surface area contributed by atoms with Gasteiger partial charge in [-0.15, -0.1) is 0 Å². The number of pyridine rings is 1. The first kappa shape index (κ1) is 18.8. The van der Waals surface area contributed by atoms with E-state index in [2.05, 4.69) is 20.6 Å². The number of carbonyl (C=O) groups is 1. The van der Waals surface area contributed by atoms with Gasteiger partial charge in [0.25, 0.3) is 11.6 Å². The van der Waals surface area contributed by atoms with E-state index in [4.69, 9.17) is 8.94 Å². The van der Waals surface area contributed by atoms with Crippen molar-refractivity contribution in [2.75, 3.05) is 0 Å². The van der Waals surface area contributed by atoms with Gasteiger partial charge in [0, 0.05) is 12.4 Å². The van der Waals surface area contributed by atoms with Crippen LogP contribution in [0.25, 0.3) is 28.2 Å². The number of nitrogens with zero attached hydrogens (tertiary/aromatic N) is 4. The molecule has 0 spiro atoms. The number of aromatic nitrogens is 4. The van der Waals surface area contributed by atoms with Crippen molar-refractivity contribution in [1.82, 2.24) is 25.2 Å². The van der Waals surface area contributed by atoms with Crippen molar-refractivity contribution in [1.29, 1.82) is 0 Å². The molecular weight excluding hydrogens is 394 g/mol. The van der Waals surface area contributed by atoms with Crippen molar-refractivity contribution in [3.05, 3.63) is 84.0 Å². The highest BCUT2D eigenvalue weighted by Crippen LogP contribution is 2.28. The molecule has 1 atom stereocenters. The summed E-state index contributed by atoms with van der Waals surface area (Å²) >= 11 is 0. The molecule has 1 N–H and O–H groups in total. The average Bonchev–Trinajstić information content (AvgIpc) is 3.56. The Balaban J connectivity index is 1.48. The molecule has 31 heavy (non-hydrogen) atoms. The fourth-order valence-corrected chi connectivity index (χ4v) is 3.54. The number of furan rings is 1. The van der Waals surface area contributed by atoms with E-state index in [0.717, 1.165) is 11.3 Å². The molecule has 5 rings (SSSR count). The molecular formula is C23H19N5O3. The van der Waals surface area contributed by atoms with Gasteiger partial charge in [0.15, 0.2) is 5.76 Å². The largest absolute Gasteiger partial charge is 0.463 e.